The maximum absolute atomic E-state index is 5.85. The van der Waals surface area contributed by atoms with Crippen molar-refractivity contribution < 1.29 is 4.74 Å². The molecule has 2 unspecified atom stereocenters. The molecule has 1 aliphatic heterocycles. The van der Waals surface area contributed by atoms with Gasteiger partial charge in [-0.15, -0.1) is 0 Å². The van der Waals surface area contributed by atoms with E-state index in [0.717, 1.165) is 19.7 Å². The van der Waals surface area contributed by atoms with Gasteiger partial charge in [-0.05, 0) is 52.8 Å². The van der Waals surface area contributed by atoms with Crippen LogP contribution in [0.5, 0.6) is 0 Å². The van der Waals surface area contributed by atoms with Crippen LogP contribution in [0, 0.1) is 13.8 Å². The molecule has 0 saturated carbocycles. The molecule has 0 amide bonds. The van der Waals surface area contributed by atoms with Crippen molar-refractivity contribution in [3.63, 3.8) is 0 Å². The second kappa shape index (κ2) is 7.92. The summed E-state index contributed by atoms with van der Waals surface area (Å²) in [6.45, 7) is 7.32. The highest BCUT2D eigenvalue weighted by atomic mass is 16.5. The van der Waals surface area contributed by atoms with Gasteiger partial charge in [0.2, 0.25) is 0 Å². The van der Waals surface area contributed by atoms with Crippen molar-refractivity contribution in [2.75, 3.05) is 33.8 Å². The molecule has 1 N–H and O–H groups in total. The van der Waals surface area contributed by atoms with E-state index in [4.69, 9.17) is 4.74 Å². The van der Waals surface area contributed by atoms with E-state index in [2.05, 4.69) is 49.3 Å². The Balaban J connectivity index is 1.94. The van der Waals surface area contributed by atoms with Gasteiger partial charge in [0.25, 0.3) is 0 Å². The van der Waals surface area contributed by atoms with Gasteiger partial charge in [0, 0.05) is 25.7 Å². The van der Waals surface area contributed by atoms with Gasteiger partial charge in [-0.2, -0.15) is 0 Å². The van der Waals surface area contributed by atoms with Crippen LogP contribution in [0.1, 0.15) is 42.0 Å². The largest absolute Gasteiger partial charge is 0.377 e. The minimum Gasteiger partial charge on any atom is -0.377 e. The molecule has 0 spiro atoms. The second-order valence-electron chi connectivity index (χ2n) is 6.47. The lowest BCUT2D eigenvalue weighted by atomic mass is 10.0. The quantitative estimate of drug-likeness (QED) is 0.871. The van der Waals surface area contributed by atoms with Crippen molar-refractivity contribution >= 4 is 0 Å². The summed E-state index contributed by atoms with van der Waals surface area (Å²) in [5, 5.41) is 3.46. The van der Waals surface area contributed by atoms with Crippen LogP contribution >= 0.6 is 0 Å². The summed E-state index contributed by atoms with van der Waals surface area (Å²) in [5.41, 5.74) is 4.05. The van der Waals surface area contributed by atoms with E-state index in [0.29, 0.717) is 12.1 Å². The summed E-state index contributed by atoms with van der Waals surface area (Å²) in [7, 11) is 4.25. The minimum absolute atomic E-state index is 0.372. The Bertz CT molecular complexity index is 421. The molecule has 3 heteroatoms. The average Bonchev–Trinajstić information content (AvgIpc) is 2.44. The summed E-state index contributed by atoms with van der Waals surface area (Å²) >= 11 is 0. The molecule has 1 heterocycles. The van der Waals surface area contributed by atoms with E-state index in [1.54, 1.807) is 0 Å². The number of aryl methyl sites for hydroxylation is 2. The van der Waals surface area contributed by atoms with Crippen molar-refractivity contribution in [2.24, 2.45) is 0 Å². The van der Waals surface area contributed by atoms with Crippen molar-refractivity contribution in [1.82, 2.24) is 10.2 Å². The molecule has 0 bridgehead atoms. The summed E-state index contributed by atoms with van der Waals surface area (Å²) in [4.78, 5) is 2.40. The first-order chi connectivity index (χ1) is 10.1. The van der Waals surface area contributed by atoms with E-state index in [9.17, 15) is 0 Å². The van der Waals surface area contributed by atoms with Crippen LogP contribution in [-0.4, -0.2) is 44.8 Å². The fourth-order valence-electron chi connectivity index (χ4n) is 3.26. The molecule has 3 nitrogen and oxygen atoms in total. The van der Waals surface area contributed by atoms with Crippen LogP contribution in [0.15, 0.2) is 18.2 Å². The highest BCUT2D eigenvalue weighted by Gasteiger charge is 2.18. The van der Waals surface area contributed by atoms with Crippen molar-refractivity contribution in [3.05, 3.63) is 34.9 Å². The normalized spacial score (nSPS) is 20.7. The van der Waals surface area contributed by atoms with Crippen molar-refractivity contribution in [2.45, 2.75) is 45.3 Å². The molecule has 1 aliphatic rings. The van der Waals surface area contributed by atoms with Gasteiger partial charge in [0.1, 0.15) is 0 Å². The summed E-state index contributed by atoms with van der Waals surface area (Å²) in [6.07, 6.45) is 4.16. The Morgan fingerprint density at radius 3 is 2.52 bits per heavy atom. The number of hydrogen-bond acceptors (Lipinski definition) is 3. The second-order valence-corrected chi connectivity index (χ2v) is 6.47. The Morgan fingerprint density at radius 2 is 1.95 bits per heavy atom. The molecule has 1 fully saturated rings. The molecule has 118 valence electrons. The first-order valence-corrected chi connectivity index (χ1v) is 8.14. The molecule has 0 aromatic heterocycles. The lowest BCUT2D eigenvalue weighted by molar-refractivity contribution is -0.00254. The number of hydrogen-bond donors (Lipinski definition) is 1. The van der Waals surface area contributed by atoms with Gasteiger partial charge < -0.3 is 15.0 Å². The zero-order chi connectivity index (χ0) is 15.2. The molecule has 1 aromatic rings. The molecule has 1 saturated heterocycles. The number of likely N-dealkylation sites (N-methyl/N-ethyl adjacent to an activating group) is 2. The molecular weight excluding hydrogens is 260 g/mol. The van der Waals surface area contributed by atoms with Crippen LogP contribution in [0.2, 0.25) is 0 Å². The highest BCUT2D eigenvalue weighted by molar-refractivity contribution is 5.30. The molecule has 2 atom stereocenters. The fraction of sp³-hybridized carbons (Fsp3) is 0.667. The number of nitrogens with one attached hydrogen (secondary N) is 1. The number of rotatable bonds is 6. The average molecular weight is 290 g/mol. The van der Waals surface area contributed by atoms with Gasteiger partial charge in [-0.3, -0.25) is 0 Å². The van der Waals surface area contributed by atoms with Crippen molar-refractivity contribution in [3.8, 4) is 0 Å². The molecular formula is C18H30N2O. The summed E-state index contributed by atoms with van der Waals surface area (Å²) in [5.74, 6) is 0. The van der Waals surface area contributed by atoms with Gasteiger partial charge in [0.15, 0.2) is 0 Å². The standard InChI is InChI=1S/C18H30N2O/c1-14-9-15(2)11-16(10-14)18(19-3)13-20(4)12-17-7-5-6-8-21-17/h9-11,17-19H,5-8,12-13H2,1-4H3. The van der Waals surface area contributed by atoms with E-state index in [1.807, 2.05) is 7.05 Å². The SMILES string of the molecule is CNC(CN(C)CC1CCCCO1)c1cc(C)cc(C)c1. The van der Waals surface area contributed by atoms with Gasteiger partial charge in [-0.1, -0.05) is 29.3 Å². The van der Waals surface area contributed by atoms with Crippen LogP contribution in [-0.2, 0) is 4.74 Å². The maximum atomic E-state index is 5.85. The van der Waals surface area contributed by atoms with Gasteiger partial charge in [0.05, 0.1) is 6.10 Å². The van der Waals surface area contributed by atoms with E-state index in [-0.39, 0.29) is 0 Å². The van der Waals surface area contributed by atoms with E-state index < -0.39 is 0 Å². The number of nitrogens with zero attached hydrogens (tertiary/aromatic N) is 1. The van der Waals surface area contributed by atoms with E-state index >= 15 is 0 Å². The Hall–Kier alpha value is -0.900. The van der Waals surface area contributed by atoms with Gasteiger partial charge >= 0.3 is 0 Å². The summed E-state index contributed by atoms with van der Waals surface area (Å²) < 4.78 is 5.85. The topological polar surface area (TPSA) is 24.5 Å². The Kier molecular flexibility index (Phi) is 6.22. The third-order valence-corrected chi connectivity index (χ3v) is 4.28. The molecule has 0 radical (unpaired) electrons. The zero-order valence-electron chi connectivity index (χ0n) is 14.0. The minimum atomic E-state index is 0.372. The van der Waals surface area contributed by atoms with E-state index in [1.165, 1.54) is 36.0 Å². The molecule has 1 aromatic carbocycles. The lowest BCUT2D eigenvalue weighted by Crippen LogP contribution is -2.38. The molecule has 2 rings (SSSR count). The molecule has 21 heavy (non-hydrogen) atoms. The number of ether oxygens (including phenoxy) is 1. The van der Waals surface area contributed by atoms with Gasteiger partial charge in [-0.25, -0.2) is 0 Å². The van der Waals surface area contributed by atoms with Crippen LogP contribution in [0.4, 0.5) is 0 Å². The lowest BCUT2D eigenvalue weighted by Gasteiger charge is -2.30. The predicted octanol–water partition coefficient (Wildman–Crippen LogP) is 3.06. The third-order valence-electron chi connectivity index (χ3n) is 4.28. The zero-order valence-corrected chi connectivity index (χ0v) is 14.0. The Morgan fingerprint density at radius 1 is 1.24 bits per heavy atom. The highest BCUT2D eigenvalue weighted by Crippen LogP contribution is 2.19. The molecule has 0 aliphatic carbocycles. The van der Waals surface area contributed by atoms with Crippen LogP contribution < -0.4 is 5.32 Å². The number of benzene rings is 1. The Labute approximate surface area is 129 Å². The maximum Gasteiger partial charge on any atom is 0.0701 e. The first-order valence-electron chi connectivity index (χ1n) is 8.14. The van der Waals surface area contributed by atoms with Crippen LogP contribution in [0.3, 0.4) is 0 Å². The first kappa shape index (κ1) is 16.5. The fourth-order valence-corrected chi connectivity index (χ4v) is 3.26. The summed E-state index contributed by atoms with van der Waals surface area (Å²) in [6, 6.07) is 7.19. The smallest absolute Gasteiger partial charge is 0.0701 e. The predicted molar refractivity (Wildman–Crippen MR) is 88.8 cm³/mol. The van der Waals surface area contributed by atoms with Crippen molar-refractivity contribution in [1.29, 1.82) is 0 Å². The third kappa shape index (κ3) is 5.10. The monoisotopic (exact) mass is 290 g/mol. The van der Waals surface area contributed by atoms with Crippen LogP contribution in [0.25, 0.3) is 0 Å².